The molecular weight excluding hydrogens is 536 g/mol. The van der Waals surface area contributed by atoms with E-state index in [2.05, 4.69) is 60.6 Å². The second-order valence-electron chi connectivity index (χ2n) is 15.7. The van der Waals surface area contributed by atoms with Gasteiger partial charge in [0.15, 0.2) is 0 Å². The van der Waals surface area contributed by atoms with Gasteiger partial charge >= 0.3 is 11.6 Å². The number of fused-ring (bicyclic) bond motifs is 1. The lowest BCUT2D eigenvalue weighted by molar-refractivity contribution is -0.170. The Bertz CT molecular complexity index is 1430. The van der Waals surface area contributed by atoms with Crippen molar-refractivity contribution >= 4 is 16.9 Å². The quantitative estimate of drug-likeness (QED) is 0.119. The number of aryl methyl sites for hydroxylation is 1. The molecule has 1 atom stereocenters. The zero-order valence-corrected chi connectivity index (χ0v) is 28.5. The van der Waals surface area contributed by atoms with Crippen molar-refractivity contribution in [1.82, 2.24) is 0 Å². The van der Waals surface area contributed by atoms with Crippen molar-refractivity contribution in [3.05, 3.63) is 64.5 Å². The predicted molar refractivity (Wildman–Crippen MR) is 178 cm³/mol. The molecule has 1 unspecified atom stereocenters. The molecule has 1 heterocycles. The van der Waals surface area contributed by atoms with Gasteiger partial charge in [-0.2, -0.15) is 0 Å². The molecule has 5 nitrogen and oxygen atoms in total. The third-order valence-corrected chi connectivity index (χ3v) is 7.81. The lowest BCUT2D eigenvalue weighted by atomic mass is 9.72. The molecule has 0 radical (unpaired) electrons. The molecular formula is C38H54O5. The van der Waals surface area contributed by atoms with Crippen LogP contribution in [0.4, 0.5) is 0 Å². The van der Waals surface area contributed by atoms with Crippen molar-refractivity contribution < 1.29 is 18.7 Å². The molecule has 0 spiro atoms. The van der Waals surface area contributed by atoms with Crippen molar-refractivity contribution in [3.8, 4) is 16.9 Å². The number of carbonyl (C=O) groups excluding carboxylic acids is 1. The van der Waals surface area contributed by atoms with Gasteiger partial charge in [-0.25, -0.2) is 4.79 Å². The number of esters is 1. The first kappa shape index (κ1) is 34.4. The number of rotatable bonds is 12. The summed E-state index contributed by atoms with van der Waals surface area (Å²) in [4.78, 5) is 26.4. The first-order valence-corrected chi connectivity index (χ1v) is 15.9. The highest BCUT2D eigenvalue weighted by molar-refractivity contribution is 5.82. The summed E-state index contributed by atoms with van der Waals surface area (Å²) in [7, 11) is 0. The van der Waals surface area contributed by atoms with E-state index >= 15 is 0 Å². The topological polar surface area (TPSA) is 65.7 Å². The van der Waals surface area contributed by atoms with Gasteiger partial charge in [0.1, 0.15) is 22.5 Å². The maximum atomic E-state index is 13.4. The summed E-state index contributed by atoms with van der Waals surface area (Å²) in [5, 5.41) is 0.827. The monoisotopic (exact) mass is 590 g/mol. The third-order valence-electron chi connectivity index (χ3n) is 7.81. The maximum absolute atomic E-state index is 13.4. The molecule has 43 heavy (non-hydrogen) atoms. The van der Waals surface area contributed by atoms with Crippen LogP contribution in [0, 0.1) is 16.7 Å². The van der Waals surface area contributed by atoms with Crippen LogP contribution in [0.5, 0.6) is 5.75 Å². The summed E-state index contributed by atoms with van der Waals surface area (Å²) in [5.41, 5.74) is 1.17. The van der Waals surface area contributed by atoms with Crippen LogP contribution in [0.25, 0.3) is 22.1 Å². The Balaban J connectivity index is 1.73. The van der Waals surface area contributed by atoms with E-state index in [4.69, 9.17) is 13.9 Å². The Morgan fingerprint density at radius 2 is 1.49 bits per heavy atom. The summed E-state index contributed by atoms with van der Waals surface area (Å²) in [6, 6.07) is 15.6. The van der Waals surface area contributed by atoms with Crippen molar-refractivity contribution in [1.29, 1.82) is 0 Å². The van der Waals surface area contributed by atoms with E-state index in [1.54, 1.807) is 6.07 Å². The molecule has 2 aromatic carbocycles. The average molecular weight is 591 g/mol. The van der Waals surface area contributed by atoms with Crippen molar-refractivity contribution in [2.24, 2.45) is 16.7 Å². The van der Waals surface area contributed by atoms with E-state index in [1.807, 2.05) is 58.0 Å². The van der Waals surface area contributed by atoms with Crippen molar-refractivity contribution in [3.63, 3.8) is 0 Å². The molecule has 0 N–H and O–H groups in total. The Morgan fingerprint density at radius 1 is 0.837 bits per heavy atom. The largest absolute Gasteiger partial charge is 0.488 e. The van der Waals surface area contributed by atoms with Crippen LogP contribution in [0.3, 0.4) is 0 Å². The van der Waals surface area contributed by atoms with Gasteiger partial charge in [0, 0.05) is 17.9 Å². The average Bonchev–Trinajstić information content (AvgIpc) is 2.85. The summed E-state index contributed by atoms with van der Waals surface area (Å²) in [6.07, 6.45) is 5.87. The minimum Gasteiger partial charge on any atom is -0.488 e. The van der Waals surface area contributed by atoms with Crippen LogP contribution in [-0.4, -0.2) is 17.2 Å². The van der Waals surface area contributed by atoms with Crippen LogP contribution in [0.15, 0.2) is 57.7 Å². The standard InChI is InChI=1S/C38H54O5/c1-12-13-14-15-26-16-18-27(19-17-26)30-22-28-20-21-29(23-32(28)41-33(30)39)42-37(8,9)25-38(10,11)43-34(40)31(36(5,6)7)24-35(2,3)4/h16-23,31H,12-15,24-25H2,1-11H3. The van der Waals surface area contributed by atoms with Gasteiger partial charge < -0.3 is 13.9 Å². The van der Waals surface area contributed by atoms with Crippen molar-refractivity contribution in [2.45, 2.75) is 126 Å². The number of unbranched alkanes of at least 4 members (excludes halogenated alkanes) is 2. The van der Waals surface area contributed by atoms with Gasteiger partial charge in [-0.05, 0) is 87.1 Å². The van der Waals surface area contributed by atoms with Crippen LogP contribution in [0.1, 0.15) is 114 Å². The van der Waals surface area contributed by atoms with Gasteiger partial charge in [0.2, 0.25) is 0 Å². The number of benzene rings is 2. The van der Waals surface area contributed by atoms with E-state index in [1.165, 1.54) is 24.8 Å². The first-order valence-electron chi connectivity index (χ1n) is 15.9. The Kier molecular flexibility index (Phi) is 10.6. The molecule has 0 saturated carbocycles. The van der Waals surface area contributed by atoms with E-state index in [0.29, 0.717) is 23.3 Å². The van der Waals surface area contributed by atoms with E-state index in [0.717, 1.165) is 23.8 Å². The van der Waals surface area contributed by atoms with Gasteiger partial charge in [-0.3, -0.25) is 4.79 Å². The van der Waals surface area contributed by atoms with Gasteiger partial charge in [-0.15, -0.1) is 0 Å². The molecule has 0 bridgehead atoms. The SMILES string of the molecule is CCCCCc1ccc(-c2cc3ccc(OC(C)(C)CC(C)(C)OC(=O)C(CC(C)(C)C)C(C)(C)C)cc3oc2=O)cc1. The molecule has 0 aliphatic rings. The van der Waals surface area contributed by atoms with E-state index in [9.17, 15) is 9.59 Å². The third kappa shape index (κ3) is 10.3. The fraction of sp³-hybridized carbons (Fsp3) is 0.579. The molecule has 3 rings (SSSR count). The number of ether oxygens (including phenoxy) is 2. The van der Waals surface area contributed by atoms with Crippen LogP contribution >= 0.6 is 0 Å². The summed E-state index contributed by atoms with van der Waals surface area (Å²) in [5.74, 6) is 0.206. The molecule has 236 valence electrons. The Labute approximate surface area is 259 Å². The molecule has 0 aliphatic carbocycles. The lowest BCUT2D eigenvalue weighted by Gasteiger charge is -2.39. The second kappa shape index (κ2) is 13.3. The van der Waals surface area contributed by atoms with Gasteiger partial charge in [-0.1, -0.05) is 85.6 Å². The number of hydrogen-bond acceptors (Lipinski definition) is 5. The maximum Gasteiger partial charge on any atom is 0.344 e. The van der Waals surface area contributed by atoms with Crippen molar-refractivity contribution in [2.75, 3.05) is 0 Å². The number of hydrogen-bond donors (Lipinski definition) is 0. The highest BCUT2D eigenvalue weighted by Gasteiger charge is 2.40. The van der Waals surface area contributed by atoms with Crippen LogP contribution < -0.4 is 10.4 Å². The molecule has 0 aliphatic heterocycles. The molecule has 1 aromatic heterocycles. The summed E-state index contributed by atoms with van der Waals surface area (Å²) in [6.45, 7) is 22.8. The number of carbonyl (C=O) groups is 1. The highest BCUT2D eigenvalue weighted by atomic mass is 16.6. The minimum atomic E-state index is -0.744. The fourth-order valence-electron chi connectivity index (χ4n) is 5.90. The van der Waals surface area contributed by atoms with Gasteiger partial charge in [0.05, 0.1) is 11.5 Å². The Hall–Kier alpha value is -3.08. The van der Waals surface area contributed by atoms with E-state index in [-0.39, 0.29) is 28.3 Å². The molecule has 3 aromatic rings. The van der Waals surface area contributed by atoms with Crippen LogP contribution in [0.2, 0.25) is 0 Å². The smallest absolute Gasteiger partial charge is 0.344 e. The first-order chi connectivity index (χ1) is 19.8. The molecule has 0 fully saturated rings. The van der Waals surface area contributed by atoms with Crippen LogP contribution in [-0.2, 0) is 16.0 Å². The molecule has 5 heteroatoms. The minimum absolute atomic E-state index is 0.00780. The summed E-state index contributed by atoms with van der Waals surface area (Å²) >= 11 is 0. The zero-order chi connectivity index (χ0) is 32.2. The zero-order valence-electron chi connectivity index (χ0n) is 28.5. The van der Waals surface area contributed by atoms with Gasteiger partial charge in [0.25, 0.3) is 0 Å². The Morgan fingerprint density at radius 3 is 2.07 bits per heavy atom. The normalized spacial score (nSPS) is 13.7. The lowest BCUT2D eigenvalue weighted by Crippen LogP contribution is -2.43. The van der Waals surface area contributed by atoms with E-state index < -0.39 is 11.2 Å². The highest BCUT2D eigenvalue weighted by Crippen LogP contribution is 2.39. The molecule has 0 amide bonds. The predicted octanol–water partition coefficient (Wildman–Crippen LogP) is 10.2. The summed E-state index contributed by atoms with van der Waals surface area (Å²) < 4.78 is 18.3. The second-order valence-corrected chi connectivity index (χ2v) is 15.7. The fourth-order valence-corrected chi connectivity index (χ4v) is 5.90. The molecule has 0 saturated heterocycles.